The van der Waals surface area contributed by atoms with E-state index in [0.29, 0.717) is 25.9 Å². The Hall–Kier alpha value is -2.26. The highest BCUT2D eigenvalue weighted by Gasteiger charge is 2.46. The van der Waals surface area contributed by atoms with Crippen molar-refractivity contribution in [3.05, 3.63) is 24.3 Å². The van der Waals surface area contributed by atoms with Crippen LogP contribution >= 0.6 is 11.6 Å². The summed E-state index contributed by atoms with van der Waals surface area (Å²) < 4.78 is 29.5. The smallest absolute Gasteiger partial charge is 0.420 e. The molecule has 0 saturated carbocycles. The number of imide groups is 1. The lowest BCUT2D eigenvalue weighted by atomic mass is 9.95. The van der Waals surface area contributed by atoms with Crippen molar-refractivity contribution in [2.24, 2.45) is 11.7 Å². The normalized spacial score (nSPS) is 26.3. The number of anilines is 1. The maximum absolute atomic E-state index is 12.8. The van der Waals surface area contributed by atoms with Crippen molar-refractivity contribution < 1.29 is 32.8 Å². The molecule has 2 saturated heterocycles. The highest BCUT2D eigenvalue weighted by molar-refractivity contribution is 6.22. The quantitative estimate of drug-likeness (QED) is 0.546. The van der Waals surface area contributed by atoms with Crippen molar-refractivity contribution in [3.63, 3.8) is 0 Å². The summed E-state index contributed by atoms with van der Waals surface area (Å²) in [4.78, 5) is 38.4. The Bertz CT molecular complexity index is 746. The molecule has 3 rings (SSSR count). The fraction of sp³-hybridized carbons (Fsp3) is 0.471. The molecule has 2 heterocycles. The topological polar surface area (TPSA) is 94.1 Å². The van der Waals surface area contributed by atoms with Crippen LogP contribution < -0.4 is 20.3 Å². The minimum atomic E-state index is -3.84. The molecule has 3 N–H and O–H groups in total. The third kappa shape index (κ3) is 4.36. The number of alkyl halides is 3. The average Bonchev–Trinajstić information content (AvgIpc) is 2.89. The summed E-state index contributed by atoms with van der Waals surface area (Å²) in [6.45, 7) is 1.17. The van der Waals surface area contributed by atoms with Crippen LogP contribution in [0.3, 0.4) is 0 Å². The summed E-state index contributed by atoms with van der Waals surface area (Å²) in [5.74, 6) is -1.41. The van der Waals surface area contributed by atoms with Gasteiger partial charge >= 0.3 is 5.57 Å². The molecular formula is C17H19ClF2N3O4+. The molecule has 0 aromatic heterocycles. The van der Waals surface area contributed by atoms with Gasteiger partial charge in [0.15, 0.2) is 6.04 Å². The molecular weight excluding hydrogens is 384 g/mol. The van der Waals surface area contributed by atoms with E-state index in [1.54, 1.807) is 0 Å². The average molecular weight is 403 g/mol. The summed E-state index contributed by atoms with van der Waals surface area (Å²) in [7, 11) is 0. The molecule has 7 nitrogen and oxygen atoms in total. The molecule has 1 aromatic rings. The predicted octanol–water partition coefficient (Wildman–Crippen LogP) is 0.267. The summed E-state index contributed by atoms with van der Waals surface area (Å²) in [6.07, 6.45) is 1.23. The van der Waals surface area contributed by atoms with Crippen LogP contribution in [-0.2, 0) is 14.4 Å². The molecule has 27 heavy (non-hydrogen) atoms. The number of hydrogen-bond donors (Lipinski definition) is 2. The number of ether oxygens (including phenoxy) is 1. The lowest BCUT2D eigenvalue weighted by Gasteiger charge is -2.30. The van der Waals surface area contributed by atoms with E-state index >= 15 is 0 Å². The Morgan fingerprint density at radius 3 is 2.33 bits per heavy atom. The fourth-order valence-electron chi connectivity index (χ4n) is 3.64. The van der Waals surface area contributed by atoms with Gasteiger partial charge in [-0.1, -0.05) is 0 Å². The third-order valence-corrected chi connectivity index (χ3v) is 5.08. The minimum Gasteiger partial charge on any atom is -0.420 e. The van der Waals surface area contributed by atoms with E-state index in [1.165, 1.54) is 24.3 Å². The number of piperidine rings is 1. The van der Waals surface area contributed by atoms with Crippen molar-refractivity contribution in [2.75, 3.05) is 18.0 Å². The lowest BCUT2D eigenvalue weighted by Crippen LogP contribution is -3.17. The SMILES string of the molecule is NC(=O)C1CC[NH+]([C@H]2CC(=O)N(c3ccc(OC(F)(F)Cl)cc3)C2=O)CC1. The zero-order chi connectivity index (χ0) is 19.8. The van der Waals surface area contributed by atoms with Crippen molar-refractivity contribution in [1.82, 2.24) is 0 Å². The predicted molar refractivity (Wildman–Crippen MR) is 91.4 cm³/mol. The van der Waals surface area contributed by atoms with E-state index in [4.69, 9.17) is 17.3 Å². The summed E-state index contributed by atoms with van der Waals surface area (Å²) in [6, 6.07) is 4.61. The lowest BCUT2D eigenvalue weighted by molar-refractivity contribution is -0.920. The highest BCUT2D eigenvalue weighted by Crippen LogP contribution is 2.28. The number of nitrogens with one attached hydrogen (secondary N) is 1. The number of nitrogens with zero attached hydrogens (tertiary/aromatic N) is 1. The van der Waals surface area contributed by atoms with E-state index in [9.17, 15) is 23.2 Å². The van der Waals surface area contributed by atoms with Gasteiger partial charge in [0.2, 0.25) is 11.8 Å². The zero-order valence-electron chi connectivity index (χ0n) is 14.3. The van der Waals surface area contributed by atoms with Crippen LogP contribution in [0.15, 0.2) is 24.3 Å². The number of hydrogen-bond acceptors (Lipinski definition) is 4. The fourth-order valence-corrected chi connectivity index (χ4v) is 3.73. The number of primary amides is 1. The van der Waals surface area contributed by atoms with Gasteiger partial charge in [-0.3, -0.25) is 14.4 Å². The first kappa shape index (κ1) is 19.5. The monoisotopic (exact) mass is 402 g/mol. The van der Waals surface area contributed by atoms with Gasteiger partial charge in [-0.25, -0.2) is 4.90 Å². The second-order valence-corrected chi connectivity index (χ2v) is 7.14. The second-order valence-electron chi connectivity index (χ2n) is 6.70. The number of benzene rings is 1. The molecule has 0 radical (unpaired) electrons. The molecule has 0 bridgehead atoms. The zero-order valence-corrected chi connectivity index (χ0v) is 15.0. The van der Waals surface area contributed by atoms with Gasteiger partial charge < -0.3 is 15.4 Å². The van der Waals surface area contributed by atoms with Crippen LogP contribution in [0.2, 0.25) is 0 Å². The van der Waals surface area contributed by atoms with Crippen LogP contribution in [0, 0.1) is 5.92 Å². The Labute approximate surface area is 159 Å². The van der Waals surface area contributed by atoms with Crippen LogP contribution in [0.5, 0.6) is 5.75 Å². The molecule has 2 aliphatic heterocycles. The van der Waals surface area contributed by atoms with Crippen LogP contribution in [-0.4, -0.2) is 42.4 Å². The van der Waals surface area contributed by atoms with Crippen molar-refractivity contribution in [2.45, 2.75) is 30.9 Å². The molecule has 10 heteroatoms. The van der Waals surface area contributed by atoms with E-state index < -0.39 is 11.6 Å². The Kier molecular flexibility index (Phi) is 5.34. The summed E-state index contributed by atoms with van der Waals surface area (Å²) in [5.41, 5.74) is 1.76. The Morgan fingerprint density at radius 1 is 1.22 bits per heavy atom. The summed E-state index contributed by atoms with van der Waals surface area (Å²) >= 11 is 4.71. The first-order valence-corrected chi connectivity index (χ1v) is 8.90. The Morgan fingerprint density at radius 2 is 1.81 bits per heavy atom. The number of likely N-dealkylation sites (tertiary alicyclic amines) is 1. The van der Waals surface area contributed by atoms with E-state index in [2.05, 4.69) is 4.74 Å². The van der Waals surface area contributed by atoms with Crippen molar-refractivity contribution in [3.8, 4) is 5.75 Å². The number of carbonyl (C=O) groups is 3. The van der Waals surface area contributed by atoms with Gasteiger partial charge in [-0.05, 0) is 24.3 Å². The molecule has 1 aromatic carbocycles. The maximum atomic E-state index is 12.8. The van der Waals surface area contributed by atoms with E-state index in [-0.39, 0.29) is 41.5 Å². The number of carbonyl (C=O) groups excluding carboxylic acids is 3. The highest BCUT2D eigenvalue weighted by atomic mass is 35.5. The first-order valence-electron chi connectivity index (χ1n) is 8.52. The number of rotatable bonds is 5. The summed E-state index contributed by atoms with van der Waals surface area (Å²) in [5, 5.41) is 0. The van der Waals surface area contributed by atoms with Crippen LogP contribution in [0.25, 0.3) is 0 Å². The van der Waals surface area contributed by atoms with Crippen LogP contribution in [0.4, 0.5) is 14.5 Å². The van der Waals surface area contributed by atoms with E-state index in [1.807, 2.05) is 0 Å². The van der Waals surface area contributed by atoms with Crippen molar-refractivity contribution in [1.29, 1.82) is 0 Å². The van der Waals surface area contributed by atoms with Gasteiger partial charge in [0.1, 0.15) is 5.75 Å². The van der Waals surface area contributed by atoms with Gasteiger partial charge in [-0.15, -0.1) is 8.78 Å². The van der Waals surface area contributed by atoms with Gasteiger partial charge in [0, 0.05) is 30.4 Å². The van der Waals surface area contributed by atoms with Crippen molar-refractivity contribution >= 4 is 35.0 Å². The molecule has 0 aliphatic carbocycles. The molecule has 146 valence electrons. The third-order valence-electron chi connectivity index (χ3n) is 5.00. The number of nitrogens with two attached hydrogens (primary N) is 1. The number of amides is 3. The minimum absolute atomic E-state index is 0.0629. The molecule has 2 fully saturated rings. The van der Waals surface area contributed by atoms with Gasteiger partial charge in [0.25, 0.3) is 5.91 Å². The first-order chi connectivity index (χ1) is 12.7. The van der Waals surface area contributed by atoms with Gasteiger partial charge in [-0.2, -0.15) is 0 Å². The second kappa shape index (κ2) is 7.40. The molecule has 0 spiro atoms. The molecule has 0 unspecified atom stereocenters. The largest absolute Gasteiger partial charge is 0.487 e. The van der Waals surface area contributed by atoms with Crippen LogP contribution in [0.1, 0.15) is 19.3 Å². The molecule has 2 aliphatic rings. The molecule has 1 atom stereocenters. The van der Waals surface area contributed by atoms with E-state index in [0.717, 1.165) is 9.80 Å². The standard InChI is InChI=1S/C17H18ClF2N3O4/c18-17(19,20)27-12-3-1-11(2-4-12)23-14(24)9-13(16(23)26)22-7-5-10(6-8-22)15(21)25/h1-4,10,13H,5-9H2,(H2,21,25)/p+1/t13-/m0/s1. The maximum Gasteiger partial charge on any atom is 0.487 e. The molecule has 3 amide bonds. The van der Waals surface area contributed by atoms with Gasteiger partial charge in [0.05, 0.1) is 25.2 Å². The Balaban J connectivity index is 1.68. The number of halogens is 3. The number of quaternary nitrogens is 1.